The Kier molecular flexibility index (Phi) is 29.1. The van der Waals surface area contributed by atoms with Gasteiger partial charge in [0.05, 0.1) is 122 Å². The van der Waals surface area contributed by atoms with Crippen LogP contribution < -0.4 is 18.9 Å². The van der Waals surface area contributed by atoms with Gasteiger partial charge in [-0.05, 0) is 194 Å². The number of phenolic OH excluding ortho intramolecular Hbond substituents is 4. The van der Waals surface area contributed by atoms with Crippen molar-refractivity contribution in [1.82, 2.24) is 59.8 Å². The highest BCUT2D eigenvalue weighted by Crippen LogP contribution is 2.40. The Bertz CT molecular complexity index is 7140. The van der Waals surface area contributed by atoms with E-state index in [-0.39, 0.29) is 74.2 Å². The van der Waals surface area contributed by atoms with Gasteiger partial charge in [-0.1, -0.05) is 60.1 Å². The maximum Gasteiger partial charge on any atom is 0.416 e. The molecule has 30 nitrogen and oxygen atoms in total. The Morgan fingerprint density at radius 2 is 0.511 bits per heavy atom. The fourth-order valence-electron chi connectivity index (χ4n) is 12.6. The molecule has 4 aromatic heterocycles. The Morgan fingerprint density at radius 1 is 0.308 bits per heavy atom. The van der Waals surface area contributed by atoms with Crippen molar-refractivity contribution in [2.75, 3.05) is 56.0 Å². The fourth-order valence-corrected chi connectivity index (χ4v) is 13.4. The summed E-state index contributed by atoms with van der Waals surface area (Å²) < 4.78 is 97.4. The molecule has 0 unspecified atom stereocenters. The number of halogens is 4. The van der Waals surface area contributed by atoms with Crippen LogP contribution in [-0.2, 0) is 30.2 Å². The van der Waals surface area contributed by atoms with Crippen molar-refractivity contribution in [3.05, 3.63) is 305 Å². The van der Waals surface area contributed by atoms with E-state index in [4.69, 9.17) is 55.3 Å². The van der Waals surface area contributed by atoms with E-state index < -0.39 is 39.5 Å². The Morgan fingerprint density at radius 3 is 0.707 bits per heavy atom. The average Bonchev–Trinajstić information content (AvgIpc) is 0.806. The summed E-state index contributed by atoms with van der Waals surface area (Å²) in [5.41, 5.74) is 7.63. The highest BCUT2D eigenvalue weighted by atomic mass is 35.5. The van der Waals surface area contributed by atoms with E-state index in [1.54, 1.807) is 194 Å². The largest absolute Gasteiger partial charge is 0.507 e. The van der Waals surface area contributed by atoms with Crippen molar-refractivity contribution < 1.29 is 89.6 Å². The van der Waals surface area contributed by atoms with E-state index in [0.717, 1.165) is 24.0 Å². The third kappa shape index (κ3) is 22.7. The second-order valence-corrected chi connectivity index (χ2v) is 30.7. The maximum absolute atomic E-state index is 13.0. The molecule has 0 radical (unpaired) electrons. The molecule has 0 bridgehead atoms. The summed E-state index contributed by atoms with van der Waals surface area (Å²) in [5.74, 6) is 3.53. The highest BCUT2D eigenvalue weighted by Gasteiger charge is 2.31. The first-order chi connectivity index (χ1) is 64.0. The summed E-state index contributed by atoms with van der Waals surface area (Å²) in [6.45, 7) is 0. The molecule has 0 aliphatic heterocycles. The Hall–Kier alpha value is -17.5. The SMILES string of the molecule is COC(=O)c1ccc(-c2nc(-c3ccc(C(F)(F)F)cc3)nc(-c3ccc(OC)cc3O)n2)cc1.COC(=O)c1ccc(-c2nc(-c3ccc(Cl)cc3)nc(-c3ccc(OC)cc3O)n2)cc1.COC(=O)c1ccc(-c2nc(-c3ccc(S(C)(=O)=O)cc3)nc(-c3ccc(OC)cc3O)n2)cc1.COc1ccc(-c2nc(-c3ccc(C#N)cc3)nc(-c3ccc(C#N)cc3)n2)c(O)c1. The van der Waals surface area contributed by atoms with Crippen LogP contribution in [0.15, 0.2) is 272 Å². The molecule has 0 saturated carbocycles. The molecule has 35 heteroatoms. The summed E-state index contributed by atoms with van der Waals surface area (Å²) in [5, 5.41) is 60.7. The van der Waals surface area contributed by atoms with Gasteiger partial charge in [-0.3, -0.25) is 0 Å². The summed E-state index contributed by atoms with van der Waals surface area (Å²) >= 11 is 6.02. The summed E-state index contributed by atoms with van der Waals surface area (Å²) in [4.78, 5) is 89.7. The minimum absolute atomic E-state index is 0.0235. The average molecular weight is 1830 g/mol. The molecule has 12 aromatic carbocycles. The van der Waals surface area contributed by atoms with Crippen LogP contribution in [0.25, 0.3) is 137 Å². The molecule has 0 aliphatic carbocycles. The molecule has 0 fully saturated rings. The van der Waals surface area contributed by atoms with Crippen molar-refractivity contribution >= 4 is 39.3 Å². The lowest BCUT2D eigenvalue weighted by Crippen LogP contribution is -2.05. The molecule has 0 saturated heterocycles. The zero-order chi connectivity index (χ0) is 94.8. The topological polar surface area (TPSA) is 433 Å². The summed E-state index contributed by atoms with van der Waals surface area (Å²) in [6.07, 6.45) is -3.35. The minimum atomic E-state index is -4.48. The molecule has 4 N–H and O–H groups in total. The first-order valence-corrected chi connectivity index (χ1v) is 41.6. The van der Waals surface area contributed by atoms with E-state index in [1.807, 2.05) is 0 Å². The highest BCUT2D eigenvalue weighted by molar-refractivity contribution is 7.90. The number of methoxy groups -OCH3 is 7. The number of rotatable bonds is 20. The number of alkyl halides is 3. The quantitative estimate of drug-likeness (QED) is 0.0407. The van der Waals surface area contributed by atoms with Crippen molar-refractivity contribution in [3.63, 3.8) is 0 Å². The van der Waals surface area contributed by atoms with Crippen LogP contribution in [-0.4, -0.2) is 163 Å². The molecule has 0 spiro atoms. The van der Waals surface area contributed by atoms with Gasteiger partial charge >= 0.3 is 24.1 Å². The van der Waals surface area contributed by atoms with Crippen molar-refractivity contribution in [2.24, 2.45) is 0 Å². The van der Waals surface area contributed by atoms with E-state index in [1.165, 1.54) is 110 Å². The monoisotopic (exact) mass is 1820 g/mol. The second kappa shape index (κ2) is 41.5. The standard InChI is InChI=1S/C25H18F3N3O4.C25H21N3O6S.C24H18ClN3O4.C24H15N5O2/c1-34-18-11-12-19(20(32)13-18)23-30-21(14-3-5-16(6-4-14)24(33)35-2)29-22(31-23)15-7-9-17(10-8-15)25(26,27)28;1-33-18-10-13-20(21(29)14-18)24-27-22(15-4-6-17(7-5-15)25(30)34-2)26-23(28-24)16-8-11-19(12-9-16)35(3,31)32;1-31-18-11-12-19(20(29)13-18)23-27-21(14-3-5-16(6-4-14)24(30)32-2)26-22(28-23)15-7-9-17(25)10-8-15;1-31-19-10-11-20(21(30)12-19)24-28-22(17-6-2-15(13-25)3-7-17)27-23(29-24)18-8-4-16(14-26)5-9-18/h3-13,32H,1-2H3;4-14,29H,1-3H3;3-13,29H,1-2H3;2-12,30H,1H3. The van der Waals surface area contributed by atoms with Gasteiger partial charge in [0.25, 0.3) is 0 Å². The number of aromatic nitrogens is 12. The van der Waals surface area contributed by atoms with Crippen LogP contribution in [0.5, 0.6) is 46.0 Å². The van der Waals surface area contributed by atoms with Crippen LogP contribution in [0.4, 0.5) is 13.2 Å². The number of phenols is 4. The van der Waals surface area contributed by atoms with E-state index in [0.29, 0.717) is 141 Å². The number of hydrogen-bond donors (Lipinski definition) is 4. The number of sulfone groups is 1. The molecule has 16 aromatic rings. The van der Waals surface area contributed by atoms with Gasteiger partial charge in [0.1, 0.15) is 46.0 Å². The van der Waals surface area contributed by atoms with E-state index >= 15 is 0 Å². The van der Waals surface area contributed by atoms with E-state index in [2.05, 4.69) is 71.9 Å². The number of nitrogens with zero attached hydrogens (tertiary/aromatic N) is 14. The van der Waals surface area contributed by atoms with Crippen LogP contribution in [0, 0.1) is 22.7 Å². The van der Waals surface area contributed by atoms with Gasteiger partial charge in [-0.15, -0.1) is 0 Å². The molecular formula is C98H72ClF3N14O16S. The zero-order valence-electron chi connectivity index (χ0n) is 71.3. The number of nitriles is 2. The first-order valence-electron chi connectivity index (χ1n) is 39.3. The third-order valence-electron chi connectivity index (χ3n) is 19.7. The Labute approximate surface area is 762 Å². The number of ether oxygens (including phenoxy) is 7. The molecule has 4 heterocycles. The normalized spacial score (nSPS) is 10.8. The molecular weight excluding hydrogens is 1750 g/mol. The lowest BCUT2D eigenvalue weighted by atomic mass is 10.1. The second-order valence-electron chi connectivity index (χ2n) is 28.2. The van der Waals surface area contributed by atoms with Gasteiger partial charge < -0.3 is 53.6 Å². The van der Waals surface area contributed by atoms with Gasteiger partial charge in [-0.2, -0.15) is 23.7 Å². The molecule has 0 atom stereocenters. The number of benzene rings is 12. The fraction of sp³-hybridized carbons (Fsp3) is 0.0918. The lowest BCUT2D eigenvalue weighted by molar-refractivity contribution is -0.137. The first kappa shape index (κ1) is 93.1. The predicted octanol–water partition coefficient (Wildman–Crippen LogP) is 18.5. The number of aromatic hydroxyl groups is 4. The summed E-state index contributed by atoms with van der Waals surface area (Å²) in [6, 6.07) is 74.2. The van der Waals surface area contributed by atoms with Crippen LogP contribution in [0.3, 0.4) is 0 Å². The van der Waals surface area contributed by atoms with Crippen LogP contribution in [0.1, 0.15) is 47.8 Å². The number of carbonyl (C=O) groups is 3. The van der Waals surface area contributed by atoms with Gasteiger partial charge in [0.2, 0.25) is 0 Å². The Balaban J connectivity index is 0.000000151. The van der Waals surface area contributed by atoms with Crippen LogP contribution in [0.2, 0.25) is 5.02 Å². The molecule has 664 valence electrons. The number of esters is 3. The lowest BCUT2D eigenvalue weighted by Gasteiger charge is -2.11. The smallest absolute Gasteiger partial charge is 0.416 e. The van der Waals surface area contributed by atoms with Crippen LogP contribution >= 0.6 is 11.6 Å². The van der Waals surface area contributed by atoms with Gasteiger partial charge in [0.15, 0.2) is 79.7 Å². The predicted molar refractivity (Wildman–Crippen MR) is 484 cm³/mol. The van der Waals surface area contributed by atoms with Crippen molar-refractivity contribution in [2.45, 2.75) is 11.1 Å². The summed E-state index contributed by atoms with van der Waals surface area (Å²) in [7, 11) is 6.52. The van der Waals surface area contributed by atoms with Gasteiger partial charge in [-0.25, -0.2) is 82.6 Å². The van der Waals surface area contributed by atoms with Crippen molar-refractivity contribution in [3.8, 4) is 195 Å². The van der Waals surface area contributed by atoms with Crippen molar-refractivity contribution in [1.29, 1.82) is 10.5 Å². The molecule has 0 aliphatic rings. The minimum Gasteiger partial charge on any atom is -0.507 e. The number of carbonyl (C=O) groups excluding carboxylic acids is 3. The maximum atomic E-state index is 13.0. The molecule has 133 heavy (non-hydrogen) atoms. The zero-order valence-corrected chi connectivity index (χ0v) is 72.8. The van der Waals surface area contributed by atoms with Gasteiger partial charge in [0, 0.05) is 80.1 Å². The van der Waals surface area contributed by atoms with E-state index in [9.17, 15) is 56.4 Å². The third-order valence-corrected chi connectivity index (χ3v) is 21.1. The molecule has 0 amide bonds. The number of hydrogen-bond acceptors (Lipinski definition) is 30. The molecule has 16 rings (SSSR count).